The van der Waals surface area contributed by atoms with Crippen LogP contribution in [-0.4, -0.2) is 6.61 Å². The average Bonchev–Trinajstić information content (AvgIpc) is 2.81. The van der Waals surface area contributed by atoms with Crippen molar-refractivity contribution in [3.63, 3.8) is 0 Å². The fourth-order valence-corrected chi connectivity index (χ4v) is 2.98. The Labute approximate surface area is 124 Å². The Kier molecular flexibility index (Phi) is 5.31. The van der Waals surface area contributed by atoms with Crippen LogP contribution in [0.2, 0.25) is 4.34 Å². The number of alkyl halides is 2. The van der Waals surface area contributed by atoms with Crippen LogP contribution in [0.4, 0.5) is 8.78 Å². The van der Waals surface area contributed by atoms with Crippen LogP contribution < -0.4 is 16.0 Å². The van der Waals surface area contributed by atoms with Crippen LogP contribution in [0.3, 0.4) is 0 Å². The van der Waals surface area contributed by atoms with E-state index in [9.17, 15) is 8.78 Å². The second-order valence-electron chi connectivity index (χ2n) is 4.08. The molecule has 1 heterocycles. The highest BCUT2D eigenvalue weighted by Gasteiger charge is 2.14. The van der Waals surface area contributed by atoms with Crippen LogP contribution in [0.5, 0.6) is 5.75 Å². The van der Waals surface area contributed by atoms with Crippen molar-refractivity contribution in [2.24, 2.45) is 5.84 Å². The summed E-state index contributed by atoms with van der Waals surface area (Å²) in [5.41, 5.74) is 3.45. The summed E-state index contributed by atoms with van der Waals surface area (Å²) >= 11 is 7.34. The molecule has 0 spiro atoms. The minimum atomic E-state index is -2.84. The predicted molar refractivity (Wildman–Crippen MR) is 76.2 cm³/mol. The van der Waals surface area contributed by atoms with Gasteiger partial charge in [0.25, 0.3) is 0 Å². The Morgan fingerprint density at radius 2 is 2.10 bits per heavy atom. The molecule has 1 atom stereocenters. The van der Waals surface area contributed by atoms with Gasteiger partial charge in [0.2, 0.25) is 0 Å². The Balaban J connectivity index is 2.14. The molecule has 0 aliphatic heterocycles. The second-order valence-corrected chi connectivity index (χ2v) is 5.88. The molecule has 0 saturated carbocycles. The van der Waals surface area contributed by atoms with Gasteiger partial charge in [-0.1, -0.05) is 23.7 Å². The van der Waals surface area contributed by atoms with E-state index in [0.717, 1.165) is 10.4 Å². The van der Waals surface area contributed by atoms with Gasteiger partial charge in [0.05, 0.1) is 10.4 Å². The van der Waals surface area contributed by atoms with Crippen molar-refractivity contribution >= 4 is 22.9 Å². The summed E-state index contributed by atoms with van der Waals surface area (Å²) in [6.45, 7) is -2.84. The number of nitrogens with one attached hydrogen (secondary N) is 1. The minimum Gasteiger partial charge on any atom is -0.435 e. The molecule has 0 amide bonds. The Morgan fingerprint density at radius 3 is 2.70 bits per heavy atom. The van der Waals surface area contributed by atoms with Gasteiger partial charge in [-0.15, -0.1) is 11.3 Å². The molecular formula is C13H13ClF2N2OS. The number of hydrazine groups is 1. The van der Waals surface area contributed by atoms with Gasteiger partial charge in [0, 0.05) is 11.3 Å². The molecule has 20 heavy (non-hydrogen) atoms. The van der Waals surface area contributed by atoms with Crippen LogP contribution in [0.15, 0.2) is 36.4 Å². The van der Waals surface area contributed by atoms with E-state index < -0.39 is 6.61 Å². The van der Waals surface area contributed by atoms with Crippen LogP contribution >= 0.6 is 22.9 Å². The third-order valence-electron chi connectivity index (χ3n) is 2.72. The quantitative estimate of drug-likeness (QED) is 0.630. The first-order valence-electron chi connectivity index (χ1n) is 5.83. The predicted octanol–water partition coefficient (Wildman–Crippen LogP) is 3.75. The highest BCUT2D eigenvalue weighted by Crippen LogP contribution is 2.28. The SMILES string of the molecule is NNC(Cc1ccc(Cl)s1)c1cccc(OC(F)F)c1. The van der Waals surface area contributed by atoms with Gasteiger partial charge in [-0.3, -0.25) is 11.3 Å². The van der Waals surface area contributed by atoms with E-state index in [2.05, 4.69) is 10.2 Å². The third kappa shape index (κ3) is 4.14. The van der Waals surface area contributed by atoms with Crippen molar-refractivity contribution in [2.45, 2.75) is 19.1 Å². The van der Waals surface area contributed by atoms with Crippen molar-refractivity contribution in [3.8, 4) is 5.75 Å². The zero-order chi connectivity index (χ0) is 14.5. The summed E-state index contributed by atoms with van der Waals surface area (Å²) < 4.78 is 29.5. The summed E-state index contributed by atoms with van der Waals surface area (Å²) in [7, 11) is 0. The topological polar surface area (TPSA) is 47.3 Å². The van der Waals surface area contributed by atoms with Crippen molar-refractivity contribution in [2.75, 3.05) is 0 Å². The van der Waals surface area contributed by atoms with Crippen LogP contribution in [0.25, 0.3) is 0 Å². The van der Waals surface area contributed by atoms with E-state index in [1.165, 1.54) is 17.4 Å². The van der Waals surface area contributed by atoms with E-state index in [4.69, 9.17) is 17.4 Å². The fourth-order valence-electron chi connectivity index (χ4n) is 1.84. The number of rotatable bonds is 6. The zero-order valence-corrected chi connectivity index (χ0v) is 11.9. The molecule has 0 fully saturated rings. The van der Waals surface area contributed by atoms with Gasteiger partial charge < -0.3 is 4.74 Å². The Hall–Kier alpha value is -1.21. The average molecular weight is 319 g/mol. The molecule has 3 nitrogen and oxygen atoms in total. The maximum Gasteiger partial charge on any atom is 0.387 e. The molecular weight excluding hydrogens is 306 g/mol. The number of hydrogen-bond acceptors (Lipinski definition) is 4. The lowest BCUT2D eigenvalue weighted by Crippen LogP contribution is -2.29. The molecule has 7 heteroatoms. The van der Waals surface area contributed by atoms with Gasteiger partial charge >= 0.3 is 6.61 Å². The summed E-state index contributed by atoms with van der Waals surface area (Å²) in [4.78, 5) is 1.05. The molecule has 0 bridgehead atoms. The van der Waals surface area contributed by atoms with Gasteiger partial charge in [-0.25, -0.2) is 0 Å². The van der Waals surface area contributed by atoms with Crippen molar-refractivity contribution < 1.29 is 13.5 Å². The van der Waals surface area contributed by atoms with Crippen LogP contribution in [0, 0.1) is 0 Å². The van der Waals surface area contributed by atoms with Crippen molar-refractivity contribution in [1.29, 1.82) is 0 Å². The van der Waals surface area contributed by atoms with Crippen LogP contribution in [-0.2, 0) is 6.42 Å². The summed E-state index contributed by atoms with van der Waals surface area (Å²) in [6.07, 6.45) is 0.617. The standard InChI is InChI=1S/C13H13ClF2N2OS/c14-12-5-4-10(20-12)7-11(18-17)8-2-1-3-9(6-8)19-13(15)16/h1-6,11,13,18H,7,17H2. The van der Waals surface area contributed by atoms with Crippen molar-refractivity contribution in [1.82, 2.24) is 5.43 Å². The molecule has 0 saturated heterocycles. The normalized spacial score (nSPS) is 12.7. The lowest BCUT2D eigenvalue weighted by atomic mass is 10.0. The molecule has 1 aromatic heterocycles. The molecule has 2 aromatic rings. The van der Waals surface area contributed by atoms with E-state index >= 15 is 0 Å². The van der Waals surface area contributed by atoms with E-state index in [1.807, 2.05) is 12.1 Å². The molecule has 3 N–H and O–H groups in total. The van der Waals surface area contributed by atoms with Gasteiger partial charge in [0.15, 0.2) is 0 Å². The van der Waals surface area contributed by atoms with Gasteiger partial charge in [0.1, 0.15) is 5.75 Å². The zero-order valence-electron chi connectivity index (χ0n) is 10.4. The van der Waals surface area contributed by atoms with Crippen molar-refractivity contribution in [3.05, 3.63) is 51.2 Å². The first-order valence-corrected chi connectivity index (χ1v) is 7.03. The molecule has 108 valence electrons. The number of halogens is 3. The summed E-state index contributed by atoms with van der Waals surface area (Å²) in [5.74, 6) is 5.66. The minimum absolute atomic E-state index is 0.113. The number of hydrogen-bond donors (Lipinski definition) is 2. The van der Waals surface area contributed by atoms with Crippen LogP contribution in [0.1, 0.15) is 16.5 Å². The Bertz CT molecular complexity index is 565. The largest absolute Gasteiger partial charge is 0.435 e. The fraction of sp³-hybridized carbons (Fsp3) is 0.231. The van der Waals surface area contributed by atoms with E-state index in [0.29, 0.717) is 10.8 Å². The number of thiophene rings is 1. The summed E-state index contributed by atoms with van der Waals surface area (Å²) in [6, 6.07) is 10.0. The van der Waals surface area contributed by atoms with E-state index in [-0.39, 0.29) is 11.8 Å². The summed E-state index contributed by atoms with van der Waals surface area (Å²) in [5, 5.41) is 0. The second kappa shape index (κ2) is 6.99. The maximum absolute atomic E-state index is 12.2. The molecule has 0 radical (unpaired) electrons. The third-order valence-corrected chi connectivity index (χ3v) is 3.97. The van der Waals surface area contributed by atoms with Gasteiger partial charge in [-0.05, 0) is 29.8 Å². The number of ether oxygens (including phenoxy) is 1. The number of nitrogens with two attached hydrogens (primary N) is 1. The molecule has 0 aliphatic rings. The van der Waals surface area contributed by atoms with Gasteiger partial charge in [-0.2, -0.15) is 8.78 Å². The first-order chi connectivity index (χ1) is 9.58. The first kappa shape index (κ1) is 15.2. The van der Waals surface area contributed by atoms with E-state index in [1.54, 1.807) is 18.2 Å². The molecule has 2 rings (SSSR count). The molecule has 1 aromatic carbocycles. The molecule has 0 aliphatic carbocycles. The smallest absolute Gasteiger partial charge is 0.387 e. The highest BCUT2D eigenvalue weighted by molar-refractivity contribution is 7.16. The maximum atomic E-state index is 12.2. The lowest BCUT2D eigenvalue weighted by molar-refractivity contribution is -0.0499. The monoisotopic (exact) mass is 318 g/mol. The Morgan fingerprint density at radius 1 is 1.30 bits per heavy atom. The number of benzene rings is 1. The lowest BCUT2D eigenvalue weighted by Gasteiger charge is -2.16. The molecule has 1 unspecified atom stereocenters. The highest BCUT2D eigenvalue weighted by atomic mass is 35.5.